The Morgan fingerprint density at radius 2 is 1.95 bits per heavy atom. The third kappa shape index (κ3) is 4.70. The molecule has 0 aromatic rings. The van der Waals surface area contributed by atoms with Gasteiger partial charge in [-0.3, -0.25) is 14.5 Å². The minimum Gasteiger partial charge on any atom is -0.469 e. The van der Waals surface area contributed by atoms with Crippen LogP contribution >= 0.6 is 0 Å². The van der Waals surface area contributed by atoms with Crippen LogP contribution in [0.4, 0.5) is 0 Å². The van der Waals surface area contributed by atoms with E-state index in [1.54, 1.807) is 0 Å². The predicted molar refractivity (Wildman–Crippen MR) is 80.7 cm³/mol. The molecule has 0 bridgehead atoms. The molecule has 120 valence electrons. The molecule has 5 heteroatoms. The summed E-state index contributed by atoms with van der Waals surface area (Å²) in [5.74, 6) is 0.442. The smallest absolute Gasteiger partial charge is 0.309 e. The van der Waals surface area contributed by atoms with E-state index in [9.17, 15) is 9.59 Å². The van der Waals surface area contributed by atoms with Crippen molar-refractivity contribution in [3.63, 3.8) is 0 Å². The van der Waals surface area contributed by atoms with E-state index < -0.39 is 0 Å². The largest absolute Gasteiger partial charge is 0.469 e. The van der Waals surface area contributed by atoms with Crippen molar-refractivity contribution in [3.8, 4) is 0 Å². The highest BCUT2D eigenvalue weighted by Crippen LogP contribution is 2.23. The van der Waals surface area contributed by atoms with Crippen LogP contribution in [0.1, 0.15) is 45.4 Å². The molecule has 2 fully saturated rings. The average molecular weight is 296 g/mol. The molecule has 1 saturated carbocycles. The van der Waals surface area contributed by atoms with E-state index in [2.05, 4.69) is 17.1 Å². The molecule has 1 saturated heterocycles. The molecule has 1 aliphatic heterocycles. The van der Waals surface area contributed by atoms with Crippen molar-refractivity contribution in [1.82, 2.24) is 10.2 Å². The Balaban J connectivity index is 1.77. The van der Waals surface area contributed by atoms with Crippen LogP contribution in [0.2, 0.25) is 0 Å². The standard InChI is InChI=1S/C16H28N2O3/c1-12-6-3-4-8-14(12)17-15(19)11-18-9-5-7-13(10-18)16(20)21-2/h12-14H,3-11H2,1-2H3,(H,17,19)/t12?,13-,14?/m0/s1. The van der Waals surface area contributed by atoms with E-state index in [-0.39, 0.29) is 17.8 Å². The predicted octanol–water partition coefficient (Wildman–Crippen LogP) is 1.57. The number of carbonyl (C=O) groups is 2. The van der Waals surface area contributed by atoms with Gasteiger partial charge in [0.15, 0.2) is 0 Å². The quantitative estimate of drug-likeness (QED) is 0.800. The Hall–Kier alpha value is -1.10. The van der Waals surface area contributed by atoms with Crippen LogP contribution in [0, 0.1) is 11.8 Å². The molecule has 0 aromatic carbocycles. The molecular weight excluding hydrogens is 268 g/mol. The fraction of sp³-hybridized carbons (Fsp3) is 0.875. The van der Waals surface area contributed by atoms with Crippen molar-refractivity contribution >= 4 is 11.9 Å². The fourth-order valence-electron chi connectivity index (χ4n) is 3.54. The number of esters is 1. The molecule has 2 rings (SSSR count). The summed E-state index contributed by atoms with van der Waals surface area (Å²) in [6.45, 7) is 4.15. The average Bonchev–Trinajstić information content (AvgIpc) is 2.49. The van der Waals surface area contributed by atoms with Crippen LogP contribution in [0.25, 0.3) is 0 Å². The van der Waals surface area contributed by atoms with Crippen LogP contribution in [-0.2, 0) is 14.3 Å². The molecule has 0 spiro atoms. The van der Waals surface area contributed by atoms with Gasteiger partial charge in [0.05, 0.1) is 19.6 Å². The number of methoxy groups -OCH3 is 1. The first-order valence-electron chi connectivity index (χ1n) is 8.19. The lowest BCUT2D eigenvalue weighted by Crippen LogP contribution is -2.48. The summed E-state index contributed by atoms with van der Waals surface area (Å²) in [6.07, 6.45) is 6.61. The van der Waals surface area contributed by atoms with Crippen LogP contribution in [-0.4, -0.2) is 49.6 Å². The number of piperidine rings is 1. The van der Waals surface area contributed by atoms with Gasteiger partial charge >= 0.3 is 5.97 Å². The van der Waals surface area contributed by atoms with Gasteiger partial charge in [0.1, 0.15) is 0 Å². The summed E-state index contributed by atoms with van der Waals surface area (Å²) in [7, 11) is 1.43. The first-order valence-corrected chi connectivity index (χ1v) is 8.19. The van der Waals surface area contributed by atoms with Crippen LogP contribution in [0.15, 0.2) is 0 Å². The highest BCUT2D eigenvalue weighted by Gasteiger charge is 2.28. The van der Waals surface area contributed by atoms with Crippen molar-refractivity contribution in [2.24, 2.45) is 11.8 Å². The second-order valence-corrected chi connectivity index (χ2v) is 6.53. The number of carbonyl (C=O) groups excluding carboxylic acids is 2. The van der Waals surface area contributed by atoms with Crippen molar-refractivity contribution < 1.29 is 14.3 Å². The Morgan fingerprint density at radius 3 is 2.67 bits per heavy atom. The van der Waals surface area contributed by atoms with Gasteiger partial charge in [-0.1, -0.05) is 19.8 Å². The summed E-state index contributed by atoms with van der Waals surface area (Å²) in [5, 5.41) is 3.18. The number of nitrogens with zero attached hydrogens (tertiary/aromatic N) is 1. The van der Waals surface area contributed by atoms with Gasteiger partial charge in [-0.25, -0.2) is 0 Å². The molecular formula is C16H28N2O3. The van der Waals surface area contributed by atoms with E-state index in [0.717, 1.165) is 25.8 Å². The van der Waals surface area contributed by atoms with Crippen LogP contribution in [0.3, 0.4) is 0 Å². The third-order valence-corrected chi connectivity index (χ3v) is 4.87. The number of rotatable bonds is 4. The number of amides is 1. The van der Waals surface area contributed by atoms with E-state index >= 15 is 0 Å². The lowest BCUT2D eigenvalue weighted by atomic mass is 9.86. The summed E-state index contributed by atoms with van der Waals surface area (Å²) >= 11 is 0. The van der Waals surface area contributed by atoms with Gasteiger partial charge in [-0.2, -0.15) is 0 Å². The number of likely N-dealkylation sites (tertiary alicyclic amines) is 1. The Bertz CT molecular complexity index is 373. The third-order valence-electron chi connectivity index (χ3n) is 4.87. The molecule has 2 aliphatic rings. The number of nitrogens with one attached hydrogen (secondary N) is 1. The molecule has 1 N–H and O–H groups in total. The summed E-state index contributed by atoms with van der Waals surface area (Å²) < 4.78 is 4.81. The van der Waals surface area contributed by atoms with E-state index in [1.807, 2.05) is 0 Å². The van der Waals surface area contributed by atoms with Crippen LogP contribution < -0.4 is 5.32 Å². The second kappa shape index (κ2) is 7.78. The molecule has 0 radical (unpaired) electrons. The van der Waals surface area contributed by atoms with Crippen molar-refractivity contribution in [2.45, 2.75) is 51.5 Å². The first kappa shape index (κ1) is 16.3. The minimum absolute atomic E-state index is 0.0786. The topological polar surface area (TPSA) is 58.6 Å². The van der Waals surface area contributed by atoms with E-state index in [0.29, 0.717) is 25.0 Å². The van der Waals surface area contributed by atoms with Gasteiger partial charge in [-0.15, -0.1) is 0 Å². The van der Waals surface area contributed by atoms with Gasteiger partial charge in [-0.05, 0) is 38.1 Å². The number of hydrogen-bond acceptors (Lipinski definition) is 4. The number of ether oxygens (including phenoxy) is 1. The lowest BCUT2D eigenvalue weighted by Gasteiger charge is -2.33. The summed E-state index contributed by atoms with van der Waals surface area (Å²) in [4.78, 5) is 25.9. The Kier molecular flexibility index (Phi) is 6.03. The minimum atomic E-state index is -0.152. The Morgan fingerprint density at radius 1 is 1.19 bits per heavy atom. The monoisotopic (exact) mass is 296 g/mol. The Labute approximate surface area is 127 Å². The maximum absolute atomic E-state index is 12.2. The molecule has 5 nitrogen and oxygen atoms in total. The summed E-state index contributed by atoms with van der Waals surface area (Å²) in [6, 6.07) is 0.326. The lowest BCUT2D eigenvalue weighted by molar-refractivity contribution is -0.147. The highest BCUT2D eigenvalue weighted by atomic mass is 16.5. The van der Waals surface area contributed by atoms with Crippen molar-refractivity contribution in [2.75, 3.05) is 26.7 Å². The highest BCUT2D eigenvalue weighted by molar-refractivity contribution is 5.78. The van der Waals surface area contributed by atoms with Crippen LogP contribution in [0.5, 0.6) is 0 Å². The normalized spacial score (nSPS) is 30.7. The van der Waals surface area contributed by atoms with E-state index in [4.69, 9.17) is 4.74 Å². The van der Waals surface area contributed by atoms with Crippen molar-refractivity contribution in [3.05, 3.63) is 0 Å². The first-order chi connectivity index (χ1) is 10.1. The molecule has 2 unspecified atom stereocenters. The zero-order valence-corrected chi connectivity index (χ0v) is 13.3. The van der Waals surface area contributed by atoms with Gasteiger partial charge in [0.25, 0.3) is 0 Å². The zero-order valence-electron chi connectivity index (χ0n) is 13.3. The zero-order chi connectivity index (χ0) is 15.2. The molecule has 21 heavy (non-hydrogen) atoms. The maximum Gasteiger partial charge on any atom is 0.309 e. The SMILES string of the molecule is COC(=O)[C@H]1CCCN(CC(=O)NC2CCCCC2C)C1. The molecule has 1 aliphatic carbocycles. The molecule has 3 atom stereocenters. The van der Waals surface area contributed by atoms with Gasteiger partial charge < -0.3 is 10.1 Å². The van der Waals surface area contributed by atoms with Gasteiger partial charge in [0, 0.05) is 12.6 Å². The maximum atomic E-state index is 12.2. The summed E-state index contributed by atoms with van der Waals surface area (Å²) in [5.41, 5.74) is 0. The number of hydrogen-bond donors (Lipinski definition) is 1. The molecule has 0 aromatic heterocycles. The van der Waals surface area contributed by atoms with E-state index in [1.165, 1.54) is 26.4 Å². The van der Waals surface area contributed by atoms with Gasteiger partial charge in [0.2, 0.25) is 5.91 Å². The molecule has 1 amide bonds. The van der Waals surface area contributed by atoms with Crippen molar-refractivity contribution in [1.29, 1.82) is 0 Å². The fourth-order valence-corrected chi connectivity index (χ4v) is 3.54. The molecule has 1 heterocycles. The second-order valence-electron chi connectivity index (χ2n) is 6.53.